The molecule has 3 nitrogen and oxygen atoms in total. The molecule has 0 aromatic carbocycles. The fraction of sp³-hybridized carbons (Fsp3) is 1.00. The molecule has 1 saturated carbocycles. The van der Waals surface area contributed by atoms with Crippen molar-refractivity contribution in [3.63, 3.8) is 0 Å². The van der Waals surface area contributed by atoms with Gasteiger partial charge in [0.25, 0.3) is 0 Å². The Morgan fingerprint density at radius 1 is 1.17 bits per heavy atom. The first-order chi connectivity index (χ1) is 7.69. The molecule has 1 aliphatic rings. The van der Waals surface area contributed by atoms with Gasteiger partial charge in [-0.05, 0) is 43.9 Å². The lowest BCUT2D eigenvalue weighted by atomic mass is 9.77. The molecule has 2 unspecified atom stereocenters. The van der Waals surface area contributed by atoms with Crippen LogP contribution in [0.3, 0.4) is 0 Å². The van der Waals surface area contributed by atoms with Crippen molar-refractivity contribution in [1.29, 1.82) is 0 Å². The number of rotatable bonds is 3. The fourth-order valence-corrected chi connectivity index (χ4v) is 4.19. The number of sulfonamides is 1. The first-order valence-electron chi connectivity index (χ1n) is 6.67. The van der Waals surface area contributed by atoms with Crippen molar-refractivity contribution in [3.05, 3.63) is 0 Å². The number of nitrogens with zero attached hydrogens (tertiary/aromatic N) is 1. The van der Waals surface area contributed by atoms with Crippen molar-refractivity contribution in [1.82, 2.24) is 4.31 Å². The average molecular weight is 275 g/mol. The van der Waals surface area contributed by atoms with E-state index in [9.17, 15) is 8.42 Å². The first-order valence-corrected chi connectivity index (χ1v) is 8.52. The monoisotopic (exact) mass is 275 g/mol. The summed E-state index contributed by atoms with van der Waals surface area (Å²) in [6.07, 6.45) is 2.44. The van der Waals surface area contributed by atoms with Crippen LogP contribution in [0.5, 0.6) is 0 Å². The van der Waals surface area contributed by atoms with E-state index >= 15 is 0 Å². The van der Waals surface area contributed by atoms with Crippen LogP contribution >= 0.6 is 0 Å². The highest BCUT2D eigenvalue weighted by Crippen LogP contribution is 2.63. The summed E-state index contributed by atoms with van der Waals surface area (Å²) in [5.74, 6) is 0.478. The van der Waals surface area contributed by atoms with Gasteiger partial charge in [-0.15, -0.1) is 0 Å². The highest BCUT2D eigenvalue weighted by atomic mass is 32.2. The Morgan fingerprint density at radius 3 is 1.83 bits per heavy atom. The smallest absolute Gasteiger partial charge is 0.211 e. The highest BCUT2D eigenvalue weighted by Gasteiger charge is 2.58. The quantitative estimate of drug-likeness (QED) is 0.793. The molecule has 1 rings (SSSR count). The standard InChI is InChI=1S/C14H29NO2S/c1-12(2,3)14(7)9-11(14)10-15(13(4,5)6)18(8,16)17/h11H,9-10H2,1-8H3. The van der Waals surface area contributed by atoms with Crippen LogP contribution in [-0.2, 0) is 10.0 Å². The molecule has 0 heterocycles. The van der Waals surface area contributed by atoms with Gasteiger partial charge >= 0.3 is 0 Å². The van der Waals surface area contributed by atoms with Crippen molar-refractivity contribution >= 4 is 10.0 Å². The molecule has 2 atom stereocenters. The minimum Gasteiger partial charge on any atom is -0.212 e. The van der Waals surface area contributed by atoms with E-state index in [4.69, 9.17) is 0 Å². The number of hydrogen-bond donors (Lipinski definition) is 0. The van der Waals surface area contributed by atoms with Crippen molar-refractivity contribution in [2.45, 2.75) is 60.4 Å². The highest BCUT2D eigenvalue weighted by molar-refractivity contribution is 7.88. The molecule has 0 spiro atoms. The molecule has 18 heavy (non-hydrogen) atoms. The van der Waals surface area contributed by atoms with E-state index in [-0.39, 0.29) is 16.4 Å². The topological polar surface area (TPSA) is 37.4 Å². The van der Waals surface area contributed by atoms with Crippen LogP contribution < -0.4 is 0 Å². The van der Waals surface area contributed by atoms with Gasteiger partial charge in [0.15, 0.2) is 0 Å². The minimum atomic E-state index is -3.14. The predicted molar refractivity (Wildman–Crippen MR) is 77.0 cm³/mol. The van der Waals surface area contributed by atoms with Gasteiger partial charge in [0.2, 0.25) is 10.0 Å². The maximum absolute atomic E-state index is 11.9. The third-order valence-corrected chi connectivity index (χ3v) is 6.16. The summed E-state index contributed by atoms with van der Waals surface area (Å²) in [6.45, 7) is 15.6. The van der Waals surface area contributed by atoms with E-state index < -0.39 is 10.0 Å². The van der Waals surface area contributed by atoms with Crippen LogP contribution in [0.15, 0.2) is 0 Å². The van der Waals surface area contributed by atoms with Crippen molar-refractivity contribution < 1.29 is 8.42 Å². The third-order valence-electron chi connectivity index (χ3n) is 4.66. The lowest BCUT2D eigenvalue weighted by Gasteiger charge is -2.35. The summed E-state index contributed by atoms with van der Waals surface area (Å²) < 4.78 is 25.5. The van der Waals surface area contributed by atoms with Crippen LogP contribution in [0.1, 0.15) is 54.9 Å². The van der Waals surface area contributed by atoms with E-state index in [0.717, 1.165) is 6.42 Å². The van der Waals surface area contributed by atoms with Crippen LogP contribution in [0.2, 0.25) is 0 Å². The summed E-state index contributed by atoms with van der Waals surface area (Å²) in [7, 11) is -3.14. The Labute approximate surface area is 113 Å². The average Bonchev–Trinajstić information content (AvgIpc) is 2.69. The molecule has 4 heteroatoms. The maximum atomic E-state index is 11.9. The zero-order chi connectivity index (χ0) is 14.6. The first kappa shape index (κ1) is 16.0. The second-order valence-corrected chi connectivity index (χ2v) is 9.94. The Balaban J connectivity index is 2.86. The van der Waals surface area contributed by atoms with E-state index in [2.05, 4.69) is 27.7 Å². The van der Waals surface area contributed by atoms with Crippen molar-refractivity contribution in [2.75, 3.05) is 12.8 Å². The van der Waals surface area contributed by atoms with Crippen molar-refractivity contribution in [3.8, 4) is 0 Å². The Kier molecular flexibility index (Phi) is 3.73. The Hall–Kier alpha value is -0.0900. The molecule has 0 amide bonds. The molecule has 108 valence electrons. The summed E-state index contributed by atoms with van der Waals surface area (Å²) in [5.41, 5.74) is 0.162. The van der Waals surface area contributed by atoms with Gasteiger partial charge < -0.3 is 0 Å². The fourth-order valence-electron chi connectivity index (χ4n) is 2.74. The van der Waals surface area contributed by atoms with E-state index in [1.165, 1.54) is 6.26 Å². The van der Waals surface area contributed by atoms with E-state index in [0.29, 0.717) is 12.5 Å². The molecule has 0 bridgehead atoms. The normalized spacial score (nSPS) is 29.7. The minimum absolute atomic E-state index is 0.235. The molecule has 1 aliphatic carbocycles. The summed E-state index contributed by atoms with van der Waals surface area (Å²) in [4.78, 5) is 0. The summed E-state index contributed by atoms with van der Waals surface area (Å²) in [6, 6.07) is 0. The molecule has 0 saturated heterocycles. The summed E-state index contributed by atoms with van der Waals surface area (Å²) in [5, 5.41) is 0. The second kappa shape index (κ2) is 4.20. The van der Waals surface area contributed by atoms with Gasteiger partial charge in [-0.25, -0.2) is 8.42 Å². The molecule has 0 aromatic heterocycles. The van der Waals surface area contributed by atoms with Crippen LogP contribution in [-0.4, -0.2) is 31.1 Å². The molecular weight excluding hydrogens is 246 g/mol. The lowest BCUT2D eigenvalue weighted by molar-refractivity contribution is 0.179. The zero-order valence-corrected chi connectivity index (χ0v) is 14.0. The van der Waals surface area contributed by atoms with Crippen LogP contribution in [0.25, 0.3) is 0 Å². The lowest BCUT2D eigenvalue weighted by Crippen LogP contribution is -2.46. The van der Waals surface area contributed by atoms with E-state index in [1.807, 2.05) is 20.8 Å². The largest absolute Gasteiger partial charge is 0.212 e. The Bertz CT molecular complexity index is 414. The predicted octanol–water partition coefficient (Wildman–Crippen LogP) is 3.12. The van der Waals surface area contributed by atoms with Gasteiger partial charge in [0, 0.05) is 12.1 Å². The van der Waals surface area contributed by atoms with Gasteiger partial charge in [0.1, 0.15) is 0 Å². The van der Waals surface area contributed by atoms with Gasteiger partial charge in [-0.2, -0.15) is 4.31 Å². The number of hydrogen-bond acceptors (Lipinski definition) is 2. The van der Waals surface area contributed by atoms with Crippen LogP contribution in [0.4, 0.5) is 0 Å². The van der Waals surface area contributed by atoms with Gasteiger partial charge in [-0.3, -0.25) is 0 Å². The molecule has 0 aromatic rings. The zero-order valence-electron chi connectivity index (χ0n) is 13.2. The molecule has 0 radical (unpaired) electrons. The van der Waals surface area contributed by atoms with Gasteiger partial charge in [0.05, 0.1) is 6.26 Å². The summed E-state index contributed by atoms with van der Waals surface area (Å²) >= 11 is 0. The maximum Gasteiger partial charge on any atom is 0.211 e. The Morgan fingerprint density at radius 2 is 1.61 bits per heavy atom. The van der Waals surface area contributed by atoms with Crippen LogP contribution in [0, 0.1) is 16.7 Å². The molecular formula is C14H29NO2S. The second-order valence-electron chi connectivity index (χ2n) is 8.03. The van der Waals surface area contributed by atoms with Crippen molar-refractivity contribution in [2.24, 2.45) is 16.7 Å². The van der Waals surface area contributed by atoms with E-state index in [1.54, 1.807) is 4.31 Å². The third kappa shape index (κ3) is 3.08. The molecule has 0 N–H and O–H groups in total. The molecule has 1 fully saturated rings. The van der Waals surface area contributed by atoms with Gasteiger partial charge in [-0.1, -0.05) is 27.7 Å². The SMILES string of the molecule is CC(C)(C)N(CC1CC1(C)C(C)(C)C)S(C)(=O)=O. The molecule has 0 aliphatic heterocycles.